The maximum absolute atomic E-state index is 12.6. The van der Waals surface area contributed by atoms with Crippen LogP contribution in [0.4, 0.5) is 5.69 Å². The fraction of sp³-hybridized carbons (Fsp3) is 0.458. The Labute approximate surface area is 191 Å². The minimum Gasteiger partial charge on any atom is -0.494 e. The van der Waals surface area contributed by atoms with Gasteiger partial charge in [-0.3, -0.25) is 14.0 Å². The molecule has 174 valence electrons. The number of carbonyl (C=O) groups is 1. The SMILES string of the molecule is CCOc1cccc(N(CC(=O)NCc2cccc(CN3CCCCC3)c2)S(C)(=O)=O)c1. The largest absolute Gasteiger partial charge is 0.494 e. The Morgan fingerprint density at radius 1 is 1.06 bits per heavy atom. The van der Waals surface area contributed by atoms with Gasteiger partial charge in [0.15, 0.2) is 0 Å². The van der Waals surface area contributed by atoms with E-state index < -0.39 is 10.0 Å². The van der Waals surface area contributed by atoms with Gasteiger partial charge in [0, 0.05) is 19.2 Å². The quantitative estimate of drug-likeness (QED) is 0.591. The Kier molecular flexibility index (Phi) is 8.53. The molecule has 1 saturated heterocycles. The number of sulfonamides is 1. The number of hydrogen-bond acceptors (Lipinski definition) is 5. The summed E-state index contributed by atoms with van der Waals surface area (Å²) in [4.78, 5) is 15.1. The first-order chi connectivity index (χ1) is 15.3. The topological polar surface area (TPSA) is 79.0 Å². The lowest BCUT2D eigenvalue weighted by molar-refractivity contribution is -0.119. The minimum atomic E-state index is -3.64. The van der Waals surface area contributed by atoms with Gasteiger partial charge in [-0.15, -0.1) is 0 Å². The highest BCUT2D eigenvalue weighted by Crippen LogP contribution is 2.23. The molecule has 1 heterocycles. The molecule has 0 saturated carbocycles. The molecule has 8 heteroatoms. The number of amides is 1. The maximum atomic E-state index is 12.6. The van der Waals surface area contributed by atoms with Crippen LogP contribution in [-0.2, 0) is 27.9 Å². The number of piperidine rings is 1. The zero-order valence-electron chi connectivity index (χ0n) is 18.9. The second-order valence-corrected chi connectivity index (χ2v) is 10.0. The van der Waals surface area contributed by atoms with Crippen LogP contribution in [0.25, 0.3) is 0 Å². The maximum Gasteiger partial charge on any atom is 0.241 e. The lowest BCUT2D eigenvalue weighted by Crippen LogP contribution is -2.40. The third kappa shape index (κ3) is 7.24. The second-order valence-electron chi connectivity index (χ2n) is 8.13. The van der Waals surface area contributed by atoms with Crippen molar-refractivity contribution < 1.29 is 17.9 Å². The van der Waals surface area contributed by atoms with Crippen molar-refractivity contribution in [1.29, 1.82) is 0 Å². The summed E-state index contributed by atoms with van der Waals surface area (Å²) in [7, 11) is -3.64. The highest BCUT2D eigenvalue weighted by molar-refractivity contribution is 7.92. The summed E-state index contributed by atoms with van der Waals surface area (Å²) in [6, 6.07) is 14.9. The van der Waals surface area contributed by atoms with Crippen LogP contribution in [0.15, 0.2) is 48.5 Å². The Morgan fingerprint density at radius 2 is 1.78 bits per heavy atom. The van der Waals surface area contributed by atoms with Crippen molar-refractivity contribution in [3.8, 4) is 5.75 Å². The summed E-state index contributed by atoms with van der Waals surface area (Å²) < 4.78 is 31.2. The zero-order chi connectivity index (χ0) is 23.0. The van der Waals surface area contributed by atoms with E-state index in [-0.39, 0.29) is 12.5 Å². The summed E-state index contributed by atoms with van der Waals surface area (Å²) in [5.41, 5.74) is 2.62. The van der Waals surface area contributed by atoms with Gasteiger partial charge in [0.1, 0.15) is 12.3 Å². The zero-order valence-corrected chi connectivity index (χ0v) is 19.7. The summed E-state index contributed by atoms with van der Waals surface area (Å²) in [5.74, 6) is 0.197. The first-order valence-electron chi connectivity index (χ1n) is 11.1. The van der Waals surface area contributed by atoms with Crippen LogP contribution in [-0.4, -0.2) is 51.7 Å². The third-order valence-electron chi connectivity index (χ3n) is 5.44. The van der Waals surface area contributed by atoms with E-state index in [1.165, 1.54) is 24.8 Å². The summed E-state index contributed by atoms with van der Waals surface area (Å²) in [6.07, 6.45) is 4.90. The molecule has 1 amide bonds. The van der Waals surface area contributed by atoms with Gasteiger partial charge in [-0.2, -0.15) is 0 Å². The van der Waals surface area contributed by atoms with Crippen LogP contribution in [0.2, 0.25) is 0 Å². The predicted molar refractivity (Wildman–Crippen MR) is 127 cm³/mol. The molecule has 0 aliphatic carbocycles. The van der Waals surface area contributed by atoms with E-state index in [1.54, 1.807) is 24.3 Å². The number of anilines is 1. The van der Waals surface area contributed by atoms with Crippen molar-refractivity contribution in [1.82, 2.24) is 10.2 Å². The molecule has 0 atom stereocenters. The van der Waals surface area contributed by atoms with E-state index >= 15 is 0 Å². The summed E-state index contributed by atoms with van der Waals surface area (Å²) in [5, 5.41) is 2.85. The van der Waals surface area contributed by atoms with Gasteiger partial charge in [0.25, 0.3) is 0 Å². The molecule has 1 N–H and O–H groups in total. The van der Waals surface area contributed by atoms with Crippen LogP contribution < -0.4 is 14.4 Å². The average Bonchev–Trinajstić information content (AvgIpc) is 2.77. The van der Waals surface area contributed by atoms with Gasteiger partial charge in [0.2, 0.25) is 15.9 Å². The molecule has 32 heavy (non-hydrogen) atoms. The molecular weight excluding hydrogens is 426 g/mol. The van der Waals surface area contributed by atoms with Crippen molar-refractivity contribution in [2.24, 2.45) is 0 Å². The number of hydrogen-bond donors (Lipinski definition) is 1. The van der Waals surface area contributed by atoms with Crippen molar-refractivity contribution in [3.63, 3.8) is 0 Å². The molecular formula is C24H33N3O4S. The van der Waals surface area contributed by atoms with Crippen molar-refractivity contribution in [3.05, 3.63) is 59.7 Å². The van der Waals surface area contributed by atoms with E-state index in [4.69, 9.17) is 4.74 Å². The molecule has 2 aromatic rings. The van der Waals surface area contributed by atoms with Gasteiger partial charge >= 0.3 is 0 Å². The molecule has 0 unspecified atom stereocenters. The van der Waals surface area contributed by atoms with Gasteiger partial charge in [0.05, 0.1) is 18.6 Å². The van der Waals surface area contributed by atoms with E-state index in [0.717, 1.165) is 35.8 Å². The Morgan fingerprint density at radius 3 is 2.50 bits per heavy atom. The molecule has 0 bridgehead atoms. The predicted octanol–water partition coefficient (Wildman–Crippen LogP) is 3.15. The average molecular weight is 460 g/mol. The smallest absolute Gasteiger partial charge is 0.241 e. The van der Waals surface area contributed by atoms with Crippen molar-refractivity contribution in [2.75, 3.05) is 36.8 Å². The number of carbonyl (C=O) groups excluding carboxylic acids is 1. The first kappa shape index (κ1) is 24.1. The number of likely N-dealkylation sites (tertiary alicyclic amines) is 1. The highest BCUT2D eigenvalue weighted by atomic mass is 32.2. The molecule has 1 fully saturated rings. The number of nitrogens with zero attached hydrogens (tertiary/aromatic N) is 2. The van der Waals surface area contributed by atoms with E-state index in [2.05, 4.69) is 22.3 Å². The number of benzene rings is 2. The summed E-state index contributed by atoms with van der Waals surface area (Å²) in [6.45, 7) is 5.57. The first-order valence-corrected chi connectivity index (χ1v) is 13.0. The standard InChI is InChI=1S/C24H33N3O4S/c1-3-31-23-12-8-11-22(16-23)27(32(2,29)30)19-24(28)25-17-20-9-7-10-21(15-20)18-26-13-5-4-6-14-26/h7-12,15-16H,3-6,13-14,17-19H2,1-2H3,(H,25,28). The molecule has 0 aromatic heterocycles. The van der Waals surface area contributed by atoms with Gasteiger partial charge in [-0.25, -0.2) is 8.42 Å². The second kappa shape index (κ2) is 11.3. The molecule has 1 aliphatic rings. The Balaban J connectivity index is 1.61. The Bertz CT molecular complexity index is 1000. The molecule has 3 rings (SSSR count). The van der Waals surface area contributed by atoms with E-state index in [9.17, 15) is 13.2 Å². The van der Waals surface area contributed by atoms with Crippen LogP contribution >= 0.6 is 0 Å². The van der Waals surface area contributed by atoms with Crippen LogP contribution in [0.5, 0.6) is 5.75 Å². The number of nitrogens with one attached hydrogen (secondary N) is 1. The van der Waals surface area contributed by atoms with Crippen molar-refractivity contribution in [2.45, 2.75) is 39.3 Å². The summed E-state index contributed by atoms with van der Waals surface area (Å²) >= 11 is 0. The van der Waals surface area contributed by atoms with Crippen LogP contribution in [0.3, 0.4) is 0 Å². The fourth-order valence-electron chi connectivity index (χ4n) is 3.90. The number of rotatable bonds is 10. The van der Waals surface area contributed by atoms with Gasteiger partial charge in [-0.05, 0) is 56.1 Å². The van der Waals surface area contributed by atoms with Crippen molar-refractivity contribution >= 4 is 21.6 Å². The van der Waals surface area contributed by atoms with Crippen LogP contribution in [0.1, 0.15) is 37.3 Å². The fourth-order valence-corrected chi connectivity index (χ4v) is 4.74. The normalized spacial score (nSPS) is 14.7. The minimum absolute atomic E-state index is 0.290. The Hall–Kier alpha value is -2.58. The third-order valence-corrected chi connectivity index (χ3v) is 6.58. The highest BCUT2D eigenvalue weighted by Gasteiger charge is 2.21. The monoisotopic (exact) mass is 459 g/mol. The molecule has 0 radical (unpaired) electrons. The van der Waals surface area contributed by atoms with E-state index in [1.807, 2.05) is 19.1 Å². The molecule has 0 spiro atoms. The number of ether oxygens (including phenoxy) is 1. The molecule has 7 nitrogen and oxygen atoms in total. The molecule has 2 aromatic carbocycles. The lowest BCUT2D eigenvalue weighted by atomic mass is 10.1. The van der Waals surface area contributed by atoms with E-state index in [0.29, 0.717) is 24.6 Å². The van der Waals surface area contributed by atoms with Gasteiger partial charge < -0.3 is 10.1 Å². The lowest BCUT2D eigenvalue weighted by Gasteiger charge is -2.26. The van der Waals surface area contributed by atoms with Gasteiger partial charge in [-0.1, -0.05) is 36.8 Å². The van der Waals surface area contributed by atoms with Crippen LogP contribution in [0, 0.1) is 0 Å². The molecule has 1 aliphatic heterocycles.